The predicted octanol–water partition coefficient (Wildman–Crippen LogP) is 1.68. The highest BCUT2D eigenvalue weighted by atomic mass is 16.5. The van der Waals surface area contributed by atoms with Crippen LogP contribution in [0.3, 0.4) is 0 Å². The Kier molecular flexibility index (Phi) is 2.11. The molecule has 17 heavy (non-hydrogen) atoms. The molecule has 0 saturated heterocycles. The zero-order valence-corrected chi connectivity index (χ0v) is 8.58. The molecule has 0 atom stereocenters. The Morgan fingerprint density at radius 2 is 2.12 bits per heavy atom. The third-order valence-electron chi connectivity index (χ3n) is 2.17. The first-order chi connectivity index (χ1) is 8.33. The highest BCUT2D eigenvalue weighted by Gasteiger charge is 2.12. The van der Waals surface area contributed by atoms with Gasteiger partial charge in [0.15, 0.2) is 5.76 Å². The summed E-state index contributed by atoms with van der Waals surface area (Å²) in [5.74, 6) is 1.10. The molecule has 6 heteroatoms. The van der Waals surface area contributed by atoms with Crippen molar-refractivity contribution in [2.45, 2.75) is 0 Å². The smallest absolute Gasteiger partial charge is 0.274 e. The van der Waals surface area contributed by atoms with Gasteiger partial charge in [0.05, 0.1) is 6.26 Å². The largest absolute Gasteiger partial charge is 0.461 e. The molecule has 0 aliphatic carbocycles. The summed E-state index contributed by atoms with van der Waals surface area (Å²) in [6.07, 6.45) is 1.52. The van der Waals surface area contributed by atoms with Crippen LogP contribution >= 0.6 is 0 Å². The molecule has 0 fully saturated rings. The average molecular weight is 229 g/mol. The first-order valence-electron chi connectivity index (χ1n) is 4.90. The quantitative estimate of drug-likeness (QED) is 0.722. The molecular weight excluding hydrogens is 222 g/mol. The van der Waals surface area contributed by atoms with Gasteiger partial charge in [0, 0.05) is 6.07 Å². The lowest BCUT2D eigenvalue weighted by atomic mass is 10.3. The van der Waals surface area contributed by atoms with E-state index in [0.29, 0.717) is 17.3 Å². The van der Waals surface area contributed by atoms with Gasteiger partial charge in [-0.3, -0.25) is 4.79 Å². The third kappa shape index (κ3) is 1.76. The molecule has 3 heterocycles. The zero-order valence-electron chi connectivity index (χ0n) is 8.58. The maximum atomic E-state index is 11.1. The Balaban J connectivity index is 2.03. The number of aromatic amines is 1. The van der Waals surface area contributed by atoms with Crippen LogP contribution < -0.4 is 5.56 Å². The Bertz CT molecular complexity index is 682. The van der Waals surface area contributed by atoms with Gasteiger partial charge in [0.25, 0.3) is 5.89 Å². The monoisotopic (exact) mass is 229 g/mol. The second kappa shape index (κ2) is 3.75. The van der Waals surface area contributed by atoms with Gasteiger partial charge < -0.3 is 13.9 Å². The van der Waals surface area contributed by atoms with E-state index in [2.05, 4.69) is 15.1 Å². The van der Waals surface area contributed by atoms with E-state index in [1.807, 2.05) is 0 Å². The molecule has 0 saturated carbocycles. The van der Waals surface area contributed by atoms with Crippen LogP contribution in [-0.2, 0) is 0 Å². The minimum absolute atomic E-state index is 0.222. The number of furan rings is 1. The summed E-state index contributed by atoms with van der Waals surface area (Å²) < 4.78 is 10.2. The maximum absolute atomic E-state index is 11.1. The zero-order chi connectivity index (χ0) is 11.7. The van der Waals surface area contributed by atoms with E-state index in [-0.39, 0.29) is 11.4 Å². The fraction of sp³-hybridized carbons (Fsp3) is 0. The number of nitrogens with zero attached hydrogens (tertiary/aromatic N) is 2. The number of pyridine rings is 1. The molecule has 0 unspecified atom stereocenters. The van der Waals surface area contributed by atoms with Crippen LogP contribution in [0.1, 0.15) is 0 Å². The number of rotatable bonds is 2. The number of aromatic nitrogens is 3. The van der Waals surface area contributed by atoms with Crippen LogP contribution in [0.2, 0.25) is 0 Å². The molecule has 0 aliphatic heterocycles. The van der Waals surface area contributed by atoms with Crippen molar-refractivity contribution in [2.24, 2.45) is 0 Å². The summed E-state index contributed by atoms with van der Waals surface area (Å²) in [5.41, 5.74) is 0.253. The number of nitrogens with one attached hydrogen (secondary N) is 1. The summed E-state index contributed by atoms with van der Waals surface area (Å²) in [7, 11) is 0. The van der Waals surface area contributed by atoms with E-state index in [1.165, 1.54) is 12.3 Å². The predicted molar refractivity (Wildman–Crippen MR) is 58.1 cm³/mol. The van der Waals surface area contributed by atoms with Crippen molar-refractivity contribution in [3.8, 4) is 23.2 Å². The number of hydrogen-bond acceptors (Lipinski definition) is 5. The van der Waals surface area contributed by atoms with Crippen molar-refractivity contribution in [3.63, 3.8) is 0 Å². The van der Waals surface area contributed by atoms with Crippen LogP contribution in [0, 0.1) is 0 Å². The van der Waals surface area contributed by atoms with Crippen molar-refractivity contribution in [3.05, 3.63) is 46.9 Å². The van der Waals surface area contributed by atoms with E-state index in [9.17, 15) is 4.79 Å². The molecule has 0 spiro atoms. The van der Waals surface area contributed by atoms with Crippen molar-refractivity contribution in [2.75, 3.05) is 0 Å². The van der Waals surface area contributed by atoms with Crippen LogP contribution in [0.15, 0.2) is 50.3 Å². The molecular formula is C11H7N3O3. The van der Waals surface area contributed by atoms with Crippen LogP contribution in [-0.4, -0.2) is 15.1 Å². The summed E-state index contributed by atoms with van der Waals surface area (Å²) in [6.45, 7) is 0. The normalized spacial score (nSPS) is 10.6. The molecule has 3 rings (SSSR count). The van der Waals surface area contributed by atoms with Gasteiger partial charge in [0.1, 0.15) is 5.69 Å². The third-order valence-corrected chi connectivity index (χ3v) is 2.17. The number of hydrogen-bond donors (Lipinski definition) is 1. The second-order valence-corrected chi connectivity index (χ2v) is 3.33. The minimum Gasteiger partial charge on any atom is -0.461 e. The maximum Gasteiger partial charge on any atom is 0.274 e. The fourth-order valence-electron chi connectivity index (χ4n) is 1.41. The lowest BCUT2D eigenvalue weighted by Gasteiger charge is -1.90. The van der Waals surface area contributed by atoms with Gasteiger partial charge in [-0.2, -0.15) is 4.98 Å². The van der Waals surface area contributed by atoms with Crippen LogP contribution in [0.4, 0.5) is 0 Å². The highest BCUT2D eigenvalue weighted by Crippen LogP contribution is 2.19. The highest BCUT2D eigenvalue weighted by molar-refractivity contribution is 5.52. The number of H-pyrrole nitrogens is 1. The summed E-state index contributed by atoms with van der Waals surface area (Å²) >= 11 is 0. The molecule has 0 bridgehead atoms. The molecule has 0 amide bonds. The SMILES string of the molecule is O=c1cccc(-c2nc(-c3ccco3)no2)[nH]1. The Morgan fingerprint density at radius 3 is 2.88 bits per heavy atom. The Hall–Kier alpha value is -2.63. The first kappa shape index (κ1) is 9.59. The van der Waals surface area contributed by atoms with Gasteiger partial charge in [0.2, 0.25) is 11.4 Å². The van der Waals surface area contributed by atoms with Crippen molar-refractivity contribution in [1.29, 1.82) is 0 Å². The molecule has 0 aliphatic rings. The second-order valence-electron chi connectivity index (χ2n) is 3.33. The molecule has 1 N–H and O–H groups in total. The van der Waals surface area contributed by atoms with Crippen molar-refractivity contribution >= 4 is 0 Å². The van der Waals surface area contributed by atoms with Gasteiger partial charge in [-0.1, -0.05) is 11.2 Å². The topological polar surface area (TPSA) is 84.9 Å². The molecule has 6 nitrogen and oxygen atoms in total. The first-order valence-corrected chi connectivity index (χ1v) is 4.90. The summed E-state index contributed by atoms with van der Waals surface area (Å²) in [5, 5.41) is 3.76. The Labute approximate surface area is 94.9 Å². The van der Waals surface area contributed by atoms with Crippen LogP contribution in [0.25, 0.3) is 23.2 Å². The molecule has 0 radical (unpaired) electrons. The van der Waals surface area contributed by atoms with Crippen molar-refractivity contribution in [1.82, 2.24) is 15.1 Å². The van der Waals surface area contributed by atoms with E-state index in [1.54, 1.807) is 24.3 Å². The van der Waals surface area contributed by atoms with E-state index < -0.39 is 0 Å². The molecule has 84 valence electrons. The molecule has 3 aromatic heterocycles. The van der Waals surface area contributed by atoms with Gasteiger partial charge in [-0.15, -0.1) is 0 Å². The lowest BCUT2D eigenvalue weighted by molar-refractivity contribution is 0.428. The van der Waals surface area contributed by atoms with Crippen LogP contribution in [0.5, 0.6) is 0 Å². The lowest BCUT2D eigenvalue weighted by Crippen LogP contribution is -2.03. The van der Waals surface area contributed by atoms with E-state index in [0.717, 1.165) is 0 Å². The summed E-state index contributed by atoms with van der Waals surface area (Å²) in [6, 6.07) is 8.16. The van der Waals surface area contributed by atoms with Gasteiger partial charge >= 0.3 is 0 Å². The molecule has 0 aromatic carbocycles. The minimum atomic E-state index is -0.222. The van der Waals surface area contributed by atoms with E-state index >= 15 is 0 Å². The van der Waals surface area contributed by atoms with Gasteiger partial charge in [-0.25, -0.2) is 0 Å². The molecule has 3 aromatic rings. The van der Waals surface area contributed by atoms with E-state index in [4.69, 9.17) is 8.94 Å². The van der Waals surface area contributed by atoms with Gasteiger partial charge in [-0.05, 0) is 18.2 Å². The van der Waals surface area contributed by atoms with Crippen molar-refractivity contribution < 1.29 is 8.94 Å². The Morgan fingerprint density at radius 1 is 1.18 bits per heavy atom. The fourth-order valence-corrected chi connectivity index (χ4v) is 1.41. The standard InChI is InChI=1S/C11H7N3O3/c15-9-5-1-3-7(12-9)11-13-10(14-17-11)8-4-2-6-16-8/h1-6H,(H,12,15). The summed E-state index contributed by atoms with van der Waals surface area (Å²) in [4.78, 5) is 17.9. The average Bonchev–Trinajstić information content (AvgIpc) is 3.00.